The van der Waals surface area contributed by atoms with Crippen LogP contribution in [-0.2, 0) is 11.2 Å². The molecule has 1 aromatic carbocycles. The van der Waals surface area contributed by atoms with Gasteiger partial charge in [-0.1, -0.05) is 6.07 Å². The van der Waals surface area contributed by atoms with Crippen molar-refractivity contribution in [2.45, 2.75) is 32.3 Å². The van der Waals surface area contributed by atoms with Crippen molar-refractivity contribution in [1.29, 1.82) is 0 Å². The Balaban J connectivity index is 1.54. The molecule has 0 bridgehead atoms. The second-order valence-electron chi connectivity index (χ2n) is 6.73. The molecule has 1 atom stereocenters. The van der Waals surface area contributed by atoms with E-state index in [2.05, 4.69) is 34.6 Å². The molecule has 1 amide bonds. The SMILES string of the molecule is COc1ccc(-c2cc(C)cc3c2OC(CNC(=O)C2CC2)C3)nn1. The molecule has 25 heavy (non-hydrogen) atoms. The summed E-state index contributed by atoms with van der Waals surface area (Å²) in [4.78, 5) is 11.8. The molecule has 4 rings (SSSR count). The highest BCUT2D eigenvalue weighted by atomic mass is 16.5. The van der Waals surface area contributed by atoms with Crippen LogP contribution < -0.4 is 14.8 Å². The Hall–Kier alpha value is -2.63. The van der Waals surface area contributed by atoms with Gasteiger partial charge in [-0.05, 0) is 43.0 Å². The van der Waals surface area contributed by atoms with Crippen molar-refractivity contribution in [1.82, 2.24) is 15.5 Å². The average Bonchev–Trinajstić information content (AvgIpc) is 3.39. The quantitative estimate of drug-likeness (QED) is 0.905. The van der Waals surface area contributed by atoms with Crippen LogP contribution in [0.4, 0.5) is 0 Å². The summed E-state index contributed by atoms with van der Waals surface area (Å²) in [6, 6.07) is 7.87. The first-order valence-corrected chi connectivity index (χ1v) is 8.60. The maximum atomic E-state index is 11.8. The molecule has 0 spiro atoms. The molecule has 1 fully saturated rings. The largest absolute Gasteiger partial charge is 0.487 e. The summed E-state index contributed by atoms with van der Waals surface area (Å²) in [6.45, 7) is 2.60. The zero-order valence-corrected chi connectivity index (χ0v) is 14.4. The minimum absolute atomic E-state index is 0.0375. The molecule has 1 aliphatic carbocycles. The molecule has 2 aliphatic rings. The maximum Gasteiger partial charge on any atom is 0.233 e. The molecule has 0 radical (unpaired) electrons. The van der Waals surface area contributed by atoms with Crippen molar-refractivity contribution in [2.24, 2.45) is 5.92 Å². The zero-order chi connectivity index (χ0) is 17.4. The van der Waals surface area contributed by atoms with Gasteiger partial charge in [-0.3, -0.25) is 4.79 Å². The van der Waals surface area contributed by atoms with E-state index >= 15 is 0 Å². The third-order valence-electron chi connectivity index (χ3n) is 4.62. The first-order chi connectivity index (χ1) is 12.1. The van der Waals surface area contributed by atoms with E-state index in [0.29, 0.717) is 12.4 Å². The predicted octanol–water partition coefficient (Wildman–Crippen LogP) is 2.29. The second kappa shape index (κ2) is 6.35. The molecule has 0 saturated heterocycles. The maximum absolute atomic E-state index is 11.8. The van der Waals surface area contributed by atoms with Crippen molar-refractivity contribution >= 4 is 5.91 Å². The highest BCUT2D eigenvalue weighted by Gasteiger charge is 2.31. The molecule has 2 heterocycles. The van der Waals surface area contributed by atoms with Crippen molar-refractivity contribution in [3.63, 3.8) is 0 Å². The summed E-state index contributed by atoms with van der Waals surface area (Å²) in [5.41, 5.74) is 3.99. The molecule has 1 N–H and O–H groups in total. The highest BCUT2D eigenvalue weighted by Crippen LogP contribution is 2.39. The van der Waals surface area contributed by atoms with Crippen LogP contribution in [0.5, 0.6) is 11.6 Å². The minimum Gasteiger partial charge on any atom is -0.487 e. The van der Waals surface area contributed by atoms with Crippen molar-refractivity contribution in [2.75, 3.05) is 13.7 Å². The van der Waals surface area contributed by atoms with Crippen LogP contribution in [-0.4, -0.2) is 35.9 Å². The van der Waals surface area contributed by atoms with Gasteiger partial charge in [0, 0.05) is 24.0 Å². The summed E-state index contributed by atoms with van der Waals surface area (Å²) in [7, 11) is 1.57. The van der Waals surface area contributed by atoms with Gasteiger partial charge in [-0.2, -0.15) is 0 Å². The standard InChI is InChI=1S/C19H21N3O3/c1-11-7-13-9-14(10-20-19(23)12-3-4-12)25-18(13)15(8-11)16-5-6-17(24-2)22-21-16/h5-8,12,14H,3-4,9-10H2,1-2H3,(H,20,23). The van der Waals surface area contributed by atoms with E-state index in [1.165, 1.54) is 0 Å². The van der Waals surface area contributed by atoms with E-state index in [9.17, 15) is 4.79 Å². The Morgan fingerprint density at radius 2 is 2.16 bits per heavy atom. The smallest absolute Gasteiger partial charge is 0.233 e. The van der Waals surface area contributed by atoms with Gasteiger partial charge in [-0.25, -0.2) is 0 Å². The number of amides is 1. The lowest BCUT2D eigenvalue weighted by atomic mass is 10.0. The first-order valence-electron chi connectivity index (χ1n) is 8.60. The average molecular weight is 339 g/mol. The molecule has 2 aromatic rings. The molecule has 1 aromatic heterocycles. The number of hydrogen-bond acceptors (Lipinski definition) is 5. The summed E-state index contributed by atoms with van der Waals surface area (Å²) in [5, 5.41) is 11.3. The topological polar surface area (TPSA) is 73.3 Å². The monoisotopic (exact) mass is 339 g/mol. The van der Waals surface area contributed by atoms with Crippen LogP contribution in [0.25, 0.3) is 11.3 Å². The van der Waals surface area contributed by atoms with E-state index in [-0.39, 0.29) is 17.9 Å². The molecule has 1 saturated carbocycles. The summed E-state index contributed by atoms with van der Waals surface area (Å²) in [6.07, 6.45) is 2.77. The fourth-order valence-corrected chi connectivity index (χ4v) is 3.17. The second-order valence-corrected chi connectivity index (χ2v) is 6.73. The number of rotatable bonds is 5. The van der Waals surface area contributed by atoms with Gasteiger partial charge < -0.3 is 14.8 Å². The Morgan fingerprint density at radius 1 is 1.32 bits per heavy atom. The lowest BCUT2D eigenvalue weighted by Gasteiger charge is -2.13. The number of benzene rings is 1. The van der Waals surface area contributed by atoms with Gasteiger partial charge in [0.15, 0.2) is 0 Å². The van der Waals surface area contributed by atoms with Crippen LogP contribution in [0.15, 0.2) is 24.3 Å². The number of carbonyl (C=O) groups excluding carboxylic acids is 1. The van der Waals surface area contributed by atoms with Gasteiger partial charge in [0.05, 0.1) is 19.3 Å². The van der Waals surface area contributed by atoms with Crippen LogP contribution in [0.3, 0.4) is 0 Å². The fourth-order valence-electron chi connectivity index (χ4n) is 3.17. The number of aromatic nitrogens is 2. The van der Waals surface area contributed by atoms with Crippen LogP contribution in [0, 0.1) is 12.8 Å². The molecule has 130 valence electrons. The predicted molar refractivity (Wildman–Crippen MR) is 92.6 cm³/mol. The van der Waals surface area contributed by atoms with Crippen LogP contribution in [0.1, 0.15) is 24.0 Å². The number of carbonyl (C=O) groups is 1. The van der Waals surface area contributed by atoms with E-state index in [0.717, 1.165) is 47.4 Å². The van der Waals surface area contributed by atoms with E-state index < -0.39 is 0 Å². The van der Waals surface area contributed by atoms with Gasteiger partial charge in [0.2, 0.25) is 11.8 Å². The van der Waals surface area contributed by atoms with Gasteiger partial charge in [-0.15, -0.1) is 10.2 Å². The van der Waals surface area contributed by atoms with E-state index in [4.69, 9.17) is 9.47 Å². The number of aryl methyl sites for hydroxylation is 1. The number of nitrogens with zero attached hydrogens (tertiary/aromatic N) is 2. The third kappa shape index (κ3) is 3.29. The third-order valence-corrected chi connectivity index (χ3v) is 4.62. The normalized spacial score (nSPS) is 18.4. The molecular weight excluding hydrogens is 318 g/mol. The summed E-state index contributed by atoms with van der Waals surface area (Å²) >= 11 is 0. The molecular formula is C19H21N3O3. The number of hydrogen-bond donors (Lipinski definition) is 1. The fraction of sp³-hybridized carbons (Fsp3) is 0.421. The zero-order valence-electron chi connectivity index (χ0n) is 14.4. The van der Waals surface area contributed by atoms with Gasteiger partial charge in [0.1, 0.15) is 11.9 Å². The number of fused-ring (bicyclic) bond motifs is 1. The van der Waals surface area contributed by atoms with E-state index in [1.807, 2.05) is 6.07 Å². The van der Waals surface area contributed by atoms with Gasteiger partial charge >= 0.3 is 0 Å². The minimum atomic E-state index is -0.0375. The number of ether oxygens (including phenoxy) is 2. The molecule has 6 nitrogen and oxygen atoms in total. The molecule has 1 unspecified atom stereocenters. The van der Waals surface area contributed by atoms with Crippen LogP contribution in [0.2, 0.25) is 0 Å². The van der Waals surface area contributed by atoms with Crippen molar-refractivity contribution in [3.05, 3.63) is 35.4 Å². The number of nitrogens with one attached hydrogen (secondary N) is 1. The first kappa shape index (κ1) is 15.9. The number of methoxy groups -OCH3 is 1. The Kier molecular flexibility index (Phi) is 4.03. The van der Waals surface area contributed by atoms with Gasteiger partial charge in [0.25, 0.3) is 0 Å². The van der Waals surface area contributed by atoms with Crippen molar-refractivity contribution in [3.8, 4) is 22.9 Å². The lowest BCUT2D eigenvalue weighted by Crippen LogP contribution is -2.35. The Bertz CT molecular complexity index is 800. The van der Waals surface area contributed by atoms with Crippen molar-refractivity contribution < 1.29 is 14.3 Å². The summed E-state index contributed by atoms with van der Waals surface area (Å²) in [5.74, 6) is 1.69. The molecule has 1 aliphatic heterocycles. The summed E-state index contributed by atoms with van der Waals surface area (Å²) < 4.78 is 11.2. The van der Waals surface area contributed by atoms with Crippen LogP contribution >= 0.6 is 0 Å². The lowest BCUT2D eigenvalue weighted by molar-refractivity contribution is -0.122. The molecule has 6 heteroatoms. The Morgan fingerprint density at radius 3 is 2.84 bits per heavy atom. The Labute approximate surface area is 146 Å². The van der Waals surface area contributed by atoms with E-state index in [1.54, 1.807) is 13.2 Å². The highest BCUT2D eigenvalue weighted by molar-refractivity contribution is 5.80.